The molecule has 0 spiro atoms. The zero-order chi connectivity index (χ0) is 15.1. The van der Waals surface area contributed by atoms with Crippen LogP contribution in [0.4, 0.5) is 11.4 Å². The van der Waals surface area contributed by atoms with E-state index in [-0.39, 0.29) is 5.91 Å². The second kappa shape index (κ2) is 6.87. The lowest BCUT2D eigenvalue weighted by atomic mass is 10.2. The number of nitriles is 1. The second-order valence-corrected chi connectivity index (χ2v) is 4.25. The number of nitrogens with zero attached hydrogens (tertiary/aromatic N) is 2. The van der Waals surface area contributed by atoms with Gasteiger partial charge in [-0.25, -0.2) is 0 Å². The van der Waals surface area contributed by atoms with Crippen LogP contribution in [-0.4, -0.2) is 17.4 Å². The number of pyridine rings is 1. The van der Waals surface area contributed by atoms with E-state index in [2.05, 4.69) is 22.2 Å². The fourth-order valence-corrected chi connectivity index (χ4v) is 1.72. The van der Waals surface area contributed by atoms with Crippen molar-refractivity contribution < 1.29 is 4.79 Å². The number of hydrogen-bond donors (Lipinski definition) is 2. The predicted octanol–water partition coefficient (Wildman–Crippen LogP) is 2.80. The maximum absolute atomic E-state index is 12.1. The van der Waals surface area contributed by atoms with E-state index in [1.807, 2.05) is 6.07 Å². The van der Waals surface area contributed by atoms with Crippen LogP contribution in [0.1, 0.15) is 16.1 Å². The largest absolute Gasteiger partial charge is 0.381 e. The van der Waals surface area contributed by atoms with Gasteiger partial charge in [-0.1, -0.05) is 12.1 Å². The summed E-state index contributed by atoms with van der Waals surface area (Å²) in [6.07, 6.45) is 3.29. The molecular weight excluding hydrogens is 264 g/mol. The number of hydrogen-bond acceptors (Lipinski definition) is 4. The molecule has 0 unspecified atom stereocenters. The molecule has 0 bridgehead atoms. The zero-order valence-electron chi connectivity index (χ0n) is 11.3. The number of rotatable bonds is 5. The van der Waals surface area contributed by atoms with Crippen LogP contribution >= 0.6 is 0 Å². The van der Waals surface area contributed by atoms with Gasteiger partial charge in [-0.05, 0) is 30.3 Å². The van der Waals surface area contributed by atoms with Gasteiger partial charge in [0.25, 0.3) is 5.91 Å². The van der Waals surface area contributed by atoms with Gasteiger partial charge in [-0.3, -0.25) is 9.78 Å². The average Bonchev–Trinajstić information content (AvgIpc) is 2.53. The Morgan fingerprint density at radius 2 is 2.19 bits per heavy atom. The molecular formula is C16H14N4O. The summed E-state index contributed by atoms with van der Waals surface area (Å²) < 4.78 is 0. The van der Waals surface area contributed by atoms with Crippen LogP contribution < -0.4 is 10.6 Å². The quantitative estimate of drug-likeness (QED) is 0.824. The van der Waals surface area contributed by atoms with E-state index in [9.17, 15) is 4.79 Å². The summed E-state index contributed by atoms with van der Waals surface area (Å²) in [5, 5.41) is 14.6. The smallest absolute Gasteiger partial charge is 0.274 e. The van der Waals surface area contributed by atoms with Crippen molar-refractivity contribution >= 4 is 17.3 Å². The molecule has 1 aromatic carbocycles. The molecule has 2 N–H and O–H groups in total. The van der Waals surface area contributed by atoms with E-state index in [1.165, 1.54) is 0 Å². The molecule has 0 atom stereocenters. The van der Waals surface area contributed by atoms with Gasteiger partial charge in [0.05, 0.1) is 11.6 Å². The fourth-order valence-electron chi connectivity index (χ4n) is 1.72. The molecule has 5 heteroatoms. The summed E-state index contributed by atoms with van der Waals surface area (Å²) in [5.74, 6) is -0.327. The Morgan fingerprint density at radius 3 is 2.95 bits per heavy atom. The number of aromatic nitrogens is 1. The van der Waals surface area contributed by atoms with Gasteiger partial charge in [0.15, 0.2) is 0 Å². The molecule has 2 rings (SSSR count). The van der Waals surface area contributed by atoms with Crippen LogP contribution in [0.2, 0.25) is 0 Å². The third kappa shape index (κ3) is 3.91. The molecule has 0 saturated heterocycles. The molecule has 1 aromatic heterocycles. The number of anilines is 2. The van der Waals surface area contributed by atoms with E-state index in [0.29, 0.717) is 23.5 Å². The number of nitrogens with one attached hydrogen (secondary N) is 2. The monoisotopic (exact) mass is 278 g/mol. The molecule has 0 aliphatic heterocycles. The van der Waals surface area contributed by atoms with Crippen LogP contribution in [0, 0.1) is 11.3 Å². The molecule has 2 aromatic rings. The van der Waals surface area contributed by atoms with Crippen molar-refractivity contribution in [1.29, 1.82) is 5.26 Å². The minimum Gasteiger partial charge on any atom is -0.381 e. The van der Waals surface area contributed by atoms with E-state index in [1.54, 1.807) is 48.7 Å². The Bertz CT molecular complexity index is 703. The van der Waals surface area contributed by atoms with E-state index < -0.39 is 0 Å². The average molecular weight is 278 g/mol. The highest BCUT2D eigenvalue weighted by molar-refractivity contribution is 6.03. The highest BCUT2D eigenvalue weighted by Crippen LogP contribution is 2.13. The Hall–Kier alpha value is -3.13. The molecule has 1 heterocycles. The highest BCUT2D eigenvalue weighted by Gasteiger charge is 2.08. The van der Waals surface area contributed by atoms with Crippen LogP contribution in [0.25, 0.3) is 0 Å². The first-order valence-corrected chi connectivity index (χ1v) is 6.35. The van der Waals surface area contributed by atoms with Crippen molar-refractivity contribution in [2.24, 2.45) is 0 Å². The first kappa shape index (κ1) is 14.3. The van der Waals surface area contributed by atoms with Crippen LogP contribution in [0.15, 0.2) is 55.3 Å². The fraction of sp³-hybridized carbons (Fsp3) is 0.0625. The number of amides is 1. The minimum atomic E-state index is -0.327. The Labute approximate surface area is 122 Å². The van der Waals surface area contributed by atoms with Gasteiger partial charge < -0.3 is 10.6 Å². The SMILES string of the molecule is C=CCNc1ccnc(C(=O)Nc2cccc(C#N)c2)c1. The van der Waals surface area contributed by atoms with E-state index >= 15 is 0 Å². The first-order valence-electron chi connectivity index (χ1n) is 6.35. The van der Waals surface area contributed by atoms with Crippen molar-refractivity contribution in [2.75, 3.05) is 17.2 Å². The first-order chi connectivity index (χ1) is 10.2. The Kier molecular flexibility index (Phi) is 4.67. The van der Waals surface area contributed by atoms with E-state index in [0.717, 1.165) is 5.69 Å². The van der Waals surface area contributed by atoms with Crippen LogP contribution in [-0.2, 0) is 0 Å². The molecule has 5 nitrogen and oxygen atoms in total. The van der Waals surface area contributed by atoms with Gasteiger partial charge in [0.1, 0.15) is 5.69 Å². The molecule has 0 aliphatic carbocycles. The molecule has 0 saturated carbocycles. The Morgan fingerprint density at radius 1 is 1.33 bits per heavy atom. The highest BCUT2D eigenvalue weighted by atomic mass is 16.1. The van der Waals surface area contributed by atoms with Gasteiger partial charge in [0.2, 0.25) is 0 Å². The van der Waals surface area contributed by atoms with Gasteiger partial charge in [-0.15, -0.1) is 6.58 Å². The Balaban J connectivity index is 2.12. The zero-order valence-corrected chi connectivity index (χ0v) is 11.3. The summed E-state index contributed by atoms with van der Waals surface area (Å²) in [6.45, 7) is 4.23. The molecule has 104 valence electrons. The number of carbonyl (C=O) groups is 1. The topological polar surface area (TPSA) is 77.8 Å². The van der Waals surface area contributed by atoms with Crippen LogP contribution in [0.5, 0.6) is 0 Å². The predicted molar refractivity (Wildman–Crippen MR) is 82.0 cm³/mol. The molecule has 0 fully saturated rings. The van der Waals surface area contributed by atoms with Crippen LogP contribution in [0.3, 0.4) is 0 Å². The second-order valence-electron chi connectivity index (χ2n) is 4.25. The summed E-state index contributed by atoms with van der Waals surface area (Å²) in [4.78, 5) is 16.2. The van der Waals surface area contributed by atoms with E-state index in [4.69, 9.17) is 5.26 Å². The number of benzene rings is 1. The lowest BCUT2D eigenvalue weighted by Gasteiger charge is -2.07. The lowest BCUT2D eigenvalue weighted by Crippen LogP contribution is -2.14. The summed E-state index contributed by atoms with van der Waals surface area (Å²) >= 11 is 0. The summed E-state index contributed by atoms with van der Waals surface area (Å²) in [5.41, 5.74) is 2.14. The third-order valence-electron chi connectivity index (χ3n) is 2.69. The van der Waals surface area contributed by atoms with Gasteiger partial charge >= 0.3 is 0 Å². The third-order valence-corrected chi connectivity index (χ3v) is 2.69. The standard InChI is InChI=1S/C16H14N4O/c1-2-7-18-13-6-8-19-15(10-13)16(21)20-14-5-3-4-12(9-14)11-17/h2-6,8-10H,1,7H2,(H,18,19)(H,20,21). The molecule has 21 heavy (non-hydrogen) atoms. The van der Waals surface area contributed by atoms with Crippen molar-refractivity contribution in [3.8, 4) is 6.07 Å². The normalized spacial score (nSPS) is 9.48. The van der Waals surface area contributed by atoms with Crippen molar-refractivity contribution in [2.45, 2.75) is 0 Å². The molecule has 0 aliphatic rings. The van der Waals surface area contributed by atoms with Crippen molar-refractivity contribution in [3.63, 3.8) is 0 Å². The maximum Gasteiger partial charge on any atom is 0.274 e. The molecule has 1 amide bonds. The number of carbonyl (C=O) groups excluding carboxylic acids is 1. The summed E-state index contributed by atoms with van der Waals surface area (Å²) in [7, 11) is 0. The molecule has 0 radical (unpaired) electrons. The summed E-state index contributed by atoms with van der Waals surface area (Å²) in [6, 6.07) is 12.2. The maximum atomic E-state index is 12.1. The van der Waals surface area contributed by atoms with Crippen molar-refractivity contribution in [1.82, 2.24) is 4.98 Å². The lowest BCUT2D eigenvalue weighted by molar-refractivity contribution is 0.102. The minimum absolute atomic E-state index is 0.298. The van der Waals surface area contributed by atoms with Crippen molar-refractivity contribution in [3.05, 3.63) is 66.5 Å². The van der Waals surface area contributed by atoms with Gasteiger partial charge in [-0.2, -0.15) is 5.26 Å². The van der Waals surface area contributed by atoms with Gasteiger partial charge in [0, 0.05) is 24.1 Å².